The van der Waals surface area contributed by atoms with Gasteiger partial charge in [0.1, 0.15) is 6.29 Å². The summed E-state index contributed by atoms with van der Waals surface area (Å²) in [4.78, 5) is 31.4. The van der Waals surface area contributed by atoms with Crippen molar-refractivity contribution in [3.63, 3.8) is 0 Å². The molecule has 0 amide bonds. The number of carbonyl (C=O) groups is 3. The molecule has 0 heterocycles. The van der Waals surface area contributed by atoms with Gasteiger partial charge in [0.25, 0.3) is 0 Å². The smallest absolute Gasteiger partial charge is 0.335 e. The van der Waals surface area contributed by atoms with E-state index < -0.39 is 11.9 Å². The molecule has 2 N–H and O–H groups in total. The Hall–Kier alpha value is -2.17. The zero-order valence-electron chi connectivity index (χ0n) is 24.5. The molecule has 1 aromatic rings. The number of carboxylic acid groups (broad SMARTS) is 2. The highest BCUT2D eigenvalue weighted by Gasteiger charge is 2.13. The first-order valence-electron chi connectivity index (χ1n) is 15.5. The van der Waals surface area contributed by atoms with Crippen molar-refractivity contribution in [1.29, 1.82) is 0 Å². The number of hydrogen-bond acceptors (Lipinski definition) is 3. The second-order valence-electron chi connectivity index (χ2n) is 10.6. The number of hydrogen-bond donors (Lipinski definition) is 2. The van der Waals surface area contributed by atoms with Crippen molar-refractivity contribution in [1.82, 2.24) is 0 Å². The van der Waals surface area contributed by atoms with E-state index in [2.05, 4.69) is 6.92 Å². The molecule has 0 saturated heterocycles. The Morgan fingerprint density at radius 3 is 1.13 bits per heavy atom. The van der Waals surface area contributed by atoms with Gasteiger partial charge in [-0.05, 0) is 31.0 Å². The standard InChI is InChI=1S/C24H48O.C9H8O4/c1-2-3-4-5-6-7-8-9-10-11-12-13-14-15-16-17-18-19-20-21-22-23-24-25;1-5-6(8(10)11)3-2-4-7(5)9(12)13/h24H,2-23H2,1H3;2-4H,1H3,(H,10,11)(H,12,13). The SMILES string of the molecule is CCCCCCCCCCCCCCCCCCCCCCCC=O.Cc1c(C(=O)O)cccc1C(=O)O. The number of aldehydes is 1. The molecule has 1 rings (SSSR count). The van der Waals surface area contributed by atoms with E-state index in [4.69, 9.17) is 10.2 Å². The molecular formula is C33H56O5. The van der Waals surface area contributed by atoms with Gasteiger partial charge >= 0.3 is 11.9 Å². The first-order chi connectivity index (χ1) is 18.5. The number of carbonyl (C=O) groups excluding carboxylic acids is 1. The highest BCUT2D eigenvalue weighted by Crippen LogP contribution is 2.15. The number of carboxylic acids is 2. The molecule has 0 aliphatic heterocycles. The molecule has 0 bridgehead atoms. The largest absolute Gasteiger partial charge is 0.478 e. The minimum Gasteiger partial charge on any atom is -0.478 e. The molecule has 5 heteroatoms. The summed E-state index contributed by atoms with van der Waals surface area (Å²) in [7, 11) is 0. The summed E-state index contributed by atoms with van der Waals surface area (Å²) in [6.45, 7) is 3.77. The van der Waals surface area contributed by atoms with Crippen molar-refractivity contribution in [2.24, 2.45) is 0 Å². The first-order valence-corrected chi connectivity index (χ1v) is 15.5. The molecule has 0 atom stereocenters. The molecule has 0 radical (unpaired) electrons. The molecule has 218 valence electrons. The van der Waals surface area contributed by atoms with Gasteiger partial charge in [-0.2, -0.15) is 0 Å². The van der Waals surface area contributed by atoms with Crippen LogP contribution < -0.4 is 0 Å². The van der Waals surface area contributed by atoms with Crippen LogP contribution in [0.5, 0.6) is 0 Å². The maximum atomic E-state index is 10.6. The average Bonchev–Trinajstić information content (AvgIpc) is 2.89. The van der Waals surface area contributed by atoms with Crippen LogP contribution in [0.2, 0.25) is 0 Å². The molecule has 0 fully saturated rings. The summed E-state index contributed by atoms with van der Waals surface area (Å²) in [5.74, 6) is -2.22. The zero-order chi connectivity index (χ0) is 28.3. The third kappa shape index (κ3) is 20.8. The lowest BCUT2D eigenvalue weighted by Crippen LogP contribution is -2.06. The van der Waals surface area contributed by atoms with Crippen molar-refractivity contribution >= 4 is 18.2 Å². The molecule has 0 aliphatic rings. The first kappa shape index (κ1) is 35.8. The summed E-state index contributed by atoms with van der Waals surface area (Å²) >= 11 is 0. The lowest BCUT2D eigenvalue weighted by atomic mass is 10.0. The summed E-state index contributed by atoms with van der Waals surface area (Å²) < 4.78 is 0. The molecule has 5 nitrogen and oxygen atoms in total. The van der Waals surface area contributed by atoms with Crippen LogP contribution in [-0.4, -0.2) is 28.4 Å². The number of unbranched alkanes of at least 4 members (excludes halogenated alkanes) is 21. The zero-order valence-corrected chi connectivity index (χ0v) is 24.5. The Kier molecular flexibility index (Phi) is 24.9. The van der Waals surface area contributed by atoms with E-state index >= 15 is 0 Å². The average molecular weight is 533 g/mol. The van der Waals surface area contributed by atoms with Crippen LogP contribution in [0.4, 0.5) is 0 Å². The van der Waals surface area contributed by atoms with Crippen LogP contribution in [0, 0.1) is 6.92 Å². The van der Waals surface area contributed by atoms with Crippen LogP contribution in [0.25, 0.3) is 0 Å². The third-order valence-corrected chi connectivity index (χ3v) is 7.22. The van der Waals surface area contributed by atoms with Crippen LogP contribution in [-0.2, 0) is 4.79 Å². The second kappa shape index (κ2) is 26.4. The Morgan fingerprint density at radius 1 is 0.579 bits per heavy atom. The van der Waals surface area contributed by atoms with Gasteiger partial charge in [-0.3, -0.25) is 0 Å². The van der Waals surface area contributed by atoms with Crippen LogP contribution in [0.15, 0.2) is 18.2 Å². The van der Waals surface area contributed by atoms with Gasteiger partial charge in [0, 0.05) is 6.42 Å². The van der Waals surface area contributed by atoms with Gasteiger partial charge in [-0.15, -0.1) is 0 Å². The predicted octanol–water partition coefficient (Wildman–Crippen LogP) is 10.2. The monoisotopic (exact) mass is 532 g/mol. The molecule has 1 aromatic carbocycles. The molecule has 0 aliphatic carbocycles. The summed E-state index contributed by atoms with van der Waals surface area (Å²) in [6, 6.07) is 4.17. The molecule has 0 saturated carbocycles. The molecule has 0 aromatic heterocycles. The van der Waals surface area contributed by atoms with Crippen molar-refractivity contribution in [3.8, 4) is 0 Å². The van der Waals surface area contributed by atoms with Gasteiger partial charge in [0.15, 0.2) is 0 Å². The molecule has 38 heavy (non-hydrogen) atoms. The normalized spacial score (nSPS) is 10.6. The lowest BCUT2D eigenvalue weighted by Gasteiger charge is -2.04. The third-order valence-electron chi connectivity index (χ3n) is 7.22. The molecule has 0 spiro atoms. The second-order valence-corrected chi connectivity index (χ2v) is 10.6. The quantitative estimate of drug-likeness (QED) is 0.102. The van der Waals surface area contributed by atoms with Gasteiger partial charge < -0.3 is 15.0 Å². The van der Waals surface area contributed by atoms with E-state index in [1.165, 1.54) is 154 Å². The van der Waals surface area contributed by atoms with Gasteiger partial charge in [0.05, 0.1) is 11.1 Å². The Morgan fingerprint density at radius 2 is 0.868 bits per heavy atom. The Labute approximate surface area is 232 Å². The van der Waals surface area contributed by atoms with Crippen LogP contribution >= 0.6 is 0 Å². The molecular weight excluding hydrogens is 476 g/mol. The summed E-state index contributed by atoms with van der Waals surface area (Å²) in [6.07, 6.45) is 31.5. The Balaban J connectivity index is 0.000000875. The van der Waals surface area contributed by atoms with E-state index in [0.717, 1.165) is 19.1 Å². The maximum absolute atomic E-state index is 10.6. The van der Waals surface area contributed by atoms with Gasteiger partial charge in [-0.25, -0.2) is 9.59 Å². The van der Waals surface area contributed by atoms with Crippen molar-refractivity contribution in [2.75, 3.05) is 0 Å². The minimum absolute atomic E-state index is 0.0277. The Bertz CT molecular complexity index is 696. The molecule has 0 unspecified atom stereocenters. The number of aromatic carboxylic acids is 2. The highest BCUT2D eigenvalue weighted by molar-refractivity contribution is 5.96. The van der Waals surface area contributed by atoms with Gasteiger partial charge in [-0.1, -0.05) is 141 Å². The van der Waals surface area contributed by atoms with Crippen LogP contribution in [0.3, 0.4) is 0 Å². The fourth-order valence-electron chi connectivity index (χ4n) is 4.76. The predicted molar refractivity (Wildman–Crippen MR) is 158 cm³/mol. The van der Waals surface area contributed by atoms with Crippen LogP contribution in [0.1, 0.15) is 174 Å². The minimum atomic E-state index is -1.11. The van der Waals surface area contributed by atoms with Crippen molar-refractivity contribution < 1.29 is 24.6 Å². The van der Waals surface area contributed by atoms with Crippen molar-refractivity contribution in [3.05, 3.63) is 34.9 Å². The summed E-state index contributed by atoms with van der Waals surface area (Å²) in [5.41, 5.74) is 0.335. The summed E-state index contributed by atoms with van der Waals surface area (Å²) in [5, 5.41) is 17.4. The van der Waals surface area contributed by atoms with E-state index in [9.17, 15) is 14.4 Å². The fourth-order valence-corrected chi connectivity index (χ4v) is 4.76. The van der Waals surface area contributed by atoms with Gasteiger partial charge in [0.2, 0.25) is 0 Å². The lowest BCUT2D eigenvalue weighted by molar-refractivity contribution is -0.107. The topological polar surface area (TPSA) is 91.7 Å². The van der Waals surface area contributed by atoms with Crippen molar-refractivity contribution in [2.45, 2.75) is 155 Å². The van der Waals surface area contributed by atoms with E-state index in [1.807, 2.05) is 0 Å². The highest BCUT2D eigenvalue weighted by atomic mass is 16.4. The number of rotatable bonds is 24. The van der Waals surface area contributed by atoms with E-state index in [0.29, 0.717) is 0 Å². The maximum Gasteiger partial charge on any atom is 0.335 e. The van der Waals surface area contributed by atoms with E-state index in [1.54, 1.807) is 0 Å². The number of benzene rings is 1. The van der Waals surface area contributed by atoms with E-state index in [-0.39, 0.29) is 16.7 Å². The fraction of sp³-hybridized carbons (Fsp3) is 0.727.